The summed E-state index contributed by atoms with van der Waals surface area (Å²) in [5, 5.41) is 3.62. The molecular formula is C16H15F6N3O4S. The van der Waals surface area contributed by atoms with E-state index in [4.69, 9.17) is 0 Å². The van der Waals surface area contributed by atoms with Crippen LogP contribution in [0.4, 0.5) is 26.3 Å². The molecule has 0 amide bonds. The molecule has 0 bridgehead atoms. The fourth-order valence-electron chi connectivity index (χ4n) is 3.67. The number of hydrogen-bond donors (Lipinski definition) is 2. The molecule has 166 valence electrons. The van der Waals surface area contributed by atoms with Crippen LogP contribution < -0.4 is 10.6 Å². The number of carbonyl (C=O) groups excluding carboxylic acids is 1. The number of hydrogen-bond acceptors (Lipinski definition) is 7. The summed E-state index contributed by atoms with van der Waals surface area (Å²) < 4.78 is 107. The molecule has 3 fully saturated rings. The van der Waals surface area contributed by atoms with Crippen molar-refractivity contribution in [2.24, 2.45) is 5.41 Å². The van der Waals surface area contributed by atoms with Crippen LogP contribution in [0, 0.1) is 5.41 Å². The summed E-state index contributed by atoms with van der Waals surface area (Å²) in [5.41, 5.74) is -2.78. The van der Waals surface area contributed by atoms with Crippen molar-refractivity contribution in [1.82, 2.24) is 15.6 Å². The maximum atomic E-state index is 13.2. The van der Waals surface area contributed by atoms with Crippen LogP contribution in [0.3, 0.4) is 0 Å². The molecule has 3 unspecified atom stereocenters. The molecule has 2 N–H and O–H groups in total. The summed E-state index contributed by atoms with van der Waals surface area (Å²) in [6.07, 6.45) is -10.5. The van der Waals surface area contributed by atoms with Gasteiger partial charge in [0.25, 0.3) is 0 Å². The number of alkyl halides is 6. The molecule has 3 atom stereocenters. The number of nitrogens with zero attached hydrogens (tertiary/aromatic N) is 1. The molecule has 4 rings (SSSR count). The molecule has 0 aromatic carbocycles. The van der Waals surface area contributed by atoms with E-state index in [9.17, 15) is 39.6 Å². The maximum Gasteiger partial charge on any atom is 0.490 e. The fourth-order valence-corrected chi connectivity index (χ4v) is 5.90. The topological polar surface area (TPSA) is 97.4 Å². The third-order valence-corrected chi connectivity index (χ3v) is 7.71. The van der Waals surface area contributed by atoms with E-state index in [1.165, 1.54) is 0 Å². The molecule has 7 nitrogen and oxygen atoms in total. The van der Waals surface area contributed by atoms with E-state index in [-0.39, 0.29) is 18.8 Å². The summed E-state index contributed by atoms with van der Waals surface area (Å²) in [5.74, 6) is -2.90. The number of esters is 1. The number of carbonyl (C=O) groups is 1. The van der Waals surface area contributed by atoms with Gasteiger partial charge in [0.05, 0.1) is 16.0 Å². The van der Waals surface area contributed by atoms with Crippen LogP contribution in [0.15, 0.2) is 17.0 Å². The van der Waals surface area contributed by atoms with Crippen molar-refractivity contribution in [2.45, 2.75) is 47.6 Å². The van der Waals surface area contributed by atoms with E-state index in [1.807, 2.05) is 0 Å². The van der Waals surface area contributed by atoms with Gasteiger partial charge in [-0.05, 0) is 25.0 Å². The number of pyridine rings is 1. The van der Waals surface area contributed by atoms with E-state index in [0.29, 0.717) is 18.9 Å². The molecule has 0 radical (unpaired) electrons. The lowest BCUT2D eigenvalue weighted by Crippen LogP contribution is -2.82. The second kappa shape index (κ2) is 6.53. The summed E-state index contributed by atoms with van der Waals surface area (Å²) in [4.78, 5) is 14.3. The lowest BCUT2D eigenvalue weighted by Gasteiger charge is -2.59. The molecule has 1 saturated carbocycles. The van der Waals surface area contributed by atoms with Crippen molar-refractivity contribution in [3.05, 3.63) is 23.5 Å². The van der Waals surface area contributed by atoms with E-state index >= 15 is 0 Å². The highest BCUT2D eigenvalue weighted by Crippen LogP contribution is 2.48. The summed E-state index contributed by atoms with van der Waals surface area (Å²) in [6, 6.07) is 1.39. The van der Waals surface area contributed by atoms with Gasteiger partial charge in [0, 0.05) is 19.0 Å². The van der Waals surface area contributed by atoms with Gasteiger partial charge in [-0.15, -0.1) is 0 Å². The van der Waals surface area contributed by atoms with Crippen molar-refractivity contribution in [3.8, 4) is 0 Å². The maximum absolute atomic E-state index is 13.2. The van der Waals surface area contributed by atoms with Crippen LogP contribution >= 0.6 is 0 Å². The largest absolute Gasteiger partial charge is 0.490 e. The van der Waals surface area contributed by atoms with Crippen molar-refractivity contribution in [2.75, 3.05) is 13.1 Å². The predicted octanol–water partition coefficient (Wildman–Crippen LogP) is 1.70. The lowest BCUT2D eigenvalue weighted by molar-refractivity contribution is -0.227. The zero-order valence-corrected chi connectivity index (χ0v) is 15.8. The molecule has 1 aromatic rings. The average molecular weight is 459 g/mol. The molecule has 2 aliphatic heterocycles. The molecule has 1 aliphatic carbocycles. The number of rotatable bonds is 4. The van der Waals surface area contributed by atoms with Crippen molar-refractivity contribution in [1.29, 1.82) is 0 Å². The van der Waals surface area contributed by atoms with Gasteiger partial charge in [0.1, 0.15) is 11.1 Å². The molecule has 14 heteroatoms. The standard InChI is InChI=1S/C16H15F6N3O4S/c17-15(18,19)9-4-3-8(10(25-9)7-1-2-7)30(27,28)12-14(6-24-12)5-23-11(14)29-13(26)16(20,21)22/h3-4,7,11-12,23-24H,1-2,5-6H2. The van der Waals surface area contributed by atoms with Crippen molar-refractivity contribution >= 4 is 15.8 Å². The Morgan fingerprint density at radius 1 is 1.10 bits per heavy atom. The Balaban J connectivity index is 1.64. The highest BCUT2D eigenvalue weighted by atomic mass is 32.2. The summed E-state index contributed by atoms with van der Waals surface area (Å²) >= 11 is 0. The first-order valence-electron chi connectivity index (χ1n) is 8.83. The van der Waals surface area contributed by atoms with E-state index in [0.717, 1.165) is 6.07 Å². The van der Waals surface area contributed by atoms with Gasteiger partial charge < -0.3 is 4.74 Å². The quantitative estimate of drug-likeness (QED) is 0.523. The minimum atomic E-state index is -5.25. The van der Waals surface area contributed by atoms with E-state index in [2.05, 4.69) is 20.4 Å². The first kappa shape index (κ1) is 21.3. The fraction of sp³-hybridized carbons (Fsp3) is 0.625. The van der Waals surface area contributed by atoms with Gasteiger partial charge in [0.2, 0.25) is 0 Å². The number of ether oxygens (including phenoxy) is 1. The average Bonchev–Trinajstić information content (AvgIpc) is 3.40. The van der Waals surface area contributed by atoms with Crippen molar-refractivity contribution in [3.63, 3.8) is 0 Å². The first-order valence-corrected chi connectivity index (χ1v) is 10.4. The monoisotopic (exact) mass is 459 g/mol. The van der Waals surface area contributed by atoms with Crippen LogP contribution in [-0.4, -0.2) is 50.2 Å². The Morgan fingerprint density at radius 2 is 1.73 bits per heavy atom. The first-order chi connectivity index (χ1) is 13.8. The minimum Gasteiger partial charge on any atom is -0.439 e. The minimum absolute atomic E-state index is 0.0491. The Labute approximate surface area is 166 Å². The zero-order valence-electron chi connectivity index (χ0n) is 15.0. The third kappa shape index (κ3) is 3.34. The highest BCUT2D eigenvalue weighted by molar-refractivity contribution is 7.92. The predicted molar refractivity (Wildman–Crippen MR) is 86.6 cm³/mol. The summed E-state index contributed by atoms with van der Waals surface area (Å²) in [6.45, 7) is -0.0982. The van der Waals surface area contributed by atoms with Crippen LogP contribution in [0.5, 0.6) is 0 Å². The molecule has 30 heavy (non-hydrogen) atoms. The number of halogens is 6. The molecular weight excluding hydrogens is 444 g/mol. The molecule has 1 spiro atoms. The lowest BCUT2D eigenvalue weighted by atomic mass is 9.73. The Hall–Kier alpha value is -1.93. The van der Waals surface area contributed by atoms with Gasteiger partial charge >= 0.3 is 18.3 Å². The van der Waals surface area contributed by atoms with Crippen LogP contribution in [0.2, 0.25) is 0 Å². The van der Waals surface area contributed by atoms with Crippen LogP contribution in [0.1, 0.15) is 30.1 Å². The van der Waals surface area contributed by atoms with Gasteiger partial charge in [-0.3, -0.25) is 10.6 Å². The van der Waals surface area contributed by atoms with E-state index in [1.54, 1.807) is 0 Å². The van der Waals surface area contributed by atoms with E-state index < -0.39 is 61.7 Å². The second-order valence-corrected chi connectivity index (χ2v) is 9.56. The van der Waals surface area contributed by atoms with Crippen molar-refractivity contribution < 1.29 is 44.3 Å². The zero-order chi connectivity index (χ0) is 22.1. The van der Waals surface area contributed by atoms with Gasteiger partial charge in [-0.25, -0.2) is 18.2 Å². The Morgan fingerprint density at radius 3 is 2.17 bits per heavy atom. The smallest absolute Gasteiger partial charge is 0.439 e. The SMILES string of the molecule is O=C(OC1NCC12CNC2S(=O)(=O)c1ccc(C(F)(F)F)nc1C1CC1)C(F)(F)F. The Kier molecular flexibility index (Phi) is 4.64. The van der Waals surface area contributed by atoms with Crippen LogP contribution in [-0.2, 0) is 25.5 Å². The number of sulfone groups is 1. The number of nitrogens with one attached hydrogen (secondary N) is 2. The Bertz CT molecular complexity index is 988. The molecule has 2 saturated heterocycles. The van der Waals surface area contributed by atoms with Gasteiger partial charge in [0.15, 0.2) is 16.1 Å². The summed E-state index contributed by atoms with van der Waals surface area (Å²) in [7, 11) is -4.33. The third-order valence-electron chi connectivity index (χ3n) is 5.49. The second-order valence-electron chi connectivity index (χ2n) is 7.56. The van der Waals surface area contributed by atoms with Gasteiger partial charge in [-0.1, -0.05) is 0 Å². The van der Waals surface area contributed by atoms with Crippen LogP contribution in [0.25, 0.3) is 0 Å². The highest BCUT2D eigenvalue weighted by Gasteiger charge is 2.66. The molecule has 3 aliphatic rings. The number of aromatic nitrogens is 1. The van der Waals surface area contributed by atoms with Gasteiger partial charge in [-0.2, -0.15) is 26.3 Å². The molecule has 1 aromatic heterocycles. The normalized spacial score (nSPS) is 29.3. The molecule has 3 heterocycles.